The van der Waals surface area contributed by atoms with Crippen LogP contribution in [0.5, 0.6) is 0 Å². The molecule has 0 amide bonds. The summed E-state index contributed by atoms with van der Waals surface area (Å²) in [5, 5.41) is 3.32. The Labute approximate surface area is 125 Å². The normalized spacial score (nSPS) is 11.1. The first-order valence-electron chi connectivity index (χ1n) is 7.27. The molecule has 0 aliphatic rings. The minimum Gasteiger partial charge on any atom is -0.472 e. The van der Waals surface area contributed by atoms with Crippen molar-refractivity contribution in [2.24, 2.45) is 5.92 Å². The molecular weight excluding hydrogens is 267 g/mol. The van der Waals surface area contributed by atoms with Crippen molar-refractivity contribution in [3.05, 3.63) is 53.7 Å². The second-order valence-corrected chi connectivity index (χ2v) is 5.80. The molecular formula is C17H23FN2O. The van der Waals surface area contributed by atoms with Gasteiger partial charge in [0.05, 0.1) is 18.2 Å². The lowest BCUT2D eigenvalue weighted by atomic mass is 10.1. The summed E-state index contributed by atoms with van der Waals surface area (Å²) in [5.41, 5.74) is 2.59. The van der Waals surface area contributed by atoms with E-state index in [-0.39, 0.29) is 5.82 Å². The van der Waals surface area contributed by atoms with Crippen LogP contribution < -0.4 is 10.2 Å². The third-order valence-electron chi connectivity index (χ3n) is 3.30. The van der Waals surface area contributed by atoms with Gasteiger partial charge in [0.25, 0.3) is 0 Å². The van der Waals surface area contributed by atoms with E-state index < -0.39 is 0 Å². The Morgan fingerprint density at radius 3 is 2.67 bits per heavy atom. The number of halogens is 1. The molecule has 0 radical (unpaired) electrons. The molecule has 0 aliphatic carbocycles. The summed E-state index contributed by atoms with van der Waals surface area (Å²) in [5.74, 6) is 0.403. The van der Waals surface area contributed by atoms with E-state index in [4.69, 9.17) is 4.42 Å². The third-order valence-corrected chi connectivity index (χ3v) is 3.30. The van der Waals surface area contributed by atoms with Crippen LogP contribution in [0.2, 0.25) is 0 Å². The number of hydrogen-bond acceptors (Lipinski definition) is 3. The molecule has 1 aromatic heterocycles. The van der Waals surface area contributed by atoms with E-state index in [1.165, 1.54) is 0 Å². The Hall–Kier alpha value is -1.81. The monoisotopic (exact) mass is 290 g/mol. The fourth-order valence-electron chi connectivity index (χ4n) is 2.22. The molecule has 0 saturated carbocycles. The number of nitrogens with zero attached hydrogens (tertiary/aromatic N) is 1. The van der Waals surface area contributed by atoms with Crippen LogP contribution in [-0.4, -0.2) is 13.6 Å². The molecule has 3 nitrogen and oxygen atoms in total. The van der Waals surface area contributed by atoms with Crippen LogP contribution >= 0.6 is 0 Å². The molecule has 0 aliphatic heterocycles. The SMILES string of the molecule is CC(C)CNCc1ccc(N(C)Cc2ccoc2)c(F)c1. The van der Waals surface area contributed by atoms with Crippen molar-refractivity contribution < 1.29 is 8.81 Å². The molecule has 1 aromatic carbocycles. The topological polar surface area (TPSA) is 28.4 Å². The van der Waals surface area contributed by atoms with Crippen molar-refractivity contribution in [3.8, 4) is 0 Å². The molecule has 114 valence electrons. The summed E-state index contributed by atoms with van der Waals surface area (Å²) in [6.07, 6.45) is 3.31. The predicted octanol–water partition coefficient (Wildman–Crippen LogP) is 3.80. The Balaban J connectivity index is 1.98. The summed E-state index contributed by atoms with van der Waals surface area (Å²) in [6, 6.07) is 7.30. The molecule has 21 heavy (non-hydrogen) atoms. The second kappa shape index (κ2) is 7.27. The van der Waals surface area contributed by atoms with Gasteiger partial charge in [-0.3, -0.25) is 0 Å². The fourth-order valence-corrected chi connectivity index (χ4v) is 2.22. The first-order chi connectivity index (χ1) is 10.1. The summed E-state index contributed by atoms with van der Waals surface area (Å²) < 4.78 is 19.3. The smallest absolute Gasteiger partial charge is 0.146 e. The Bertz CT molecular complexity index is 552. The highest BCUT2D eigenvalue weighted by atomic mass is 19.1. The summed E-state index contributed by atoms with van der Waals surface area (Å²) in [6.45, 7) is 6.56. The van der Waals surface area contributed by atoms with Crippen LogP contribution in [-0.2, 0) is 13.1 Å². The number of hydrogen-bond donors (Lipinski definition) is 1. The van der Waals surface area contributed by atoms with Crippen molar-refractivity contribution in [2.75, 3.05) is 18.5 Å². The van der Waals surface area contributed by atoms with Crippen LogP contribution in [0.1, 0.15) is 25.0 Å². The first-order valence-corrected chi connectivity index (χ1v) is 7.27. The van der Waals surface area contributed by atoms with Gasteiger partial charge in [0, 0.05) is 25.7 Å². The standard InChI is InChI=1S/C17H23FN2O/c1-13(2)9-19-10-14-4-5-17(16(18)8-14)20(3)11-15-6-7-21-12-15/h4-8,12-13,19H,9-11H2,1-3H3. The van der Waals surface area contributed by atoms with E-state index in [0.717, 1.165) is 17.7 Å². The highest BCUT2D eigenvalue weighted by molar-refractivity contribution is 5.48. The molecule has 0 spiro atoms. The molecule has 0 bridgehead atoms. The Kier molecular flexibility index (Phi) is 5.39. The van der Waals surface area contributed by atoms with Crippen LogP contribution in [0.15, 0.2) is 41.2 Å². The van der Waals surface area contributed by atoms with Gasteiger partial charge in [0.2, 0.25) is 0 Å². The summed E-state index contributed by atoms with van der Waals surface area (Å²) in [7, 11) is 1.88. The highest BCUT2D eigenvalue weighted by Crippen LogP contribution is 2.21. The zero-order valence-corrected chi connectivity index (χ0v) is 12.9. The summed E-state index contributed by atoms with van der Waals surface area (Å²) >= 11 is 0. The predicted molar refractivity (Wildman–Crippen MR) is 83.8 cm³/mol. The average Bonchev–Trinajstić information content (AvgIpc) is 2.91. The highest BCUT2D eigenvalue weighted by Gasteiger charge is 2.09. The van der Waals surface area contributed by atoms with Gasteiger partial charge in [0.15, 0.2) is 0 Å². The van der Waals surface area contributed by atoms with E-state index in [0.29, 0.717) is 24.7 Å². The molecule has 2 aromatic rings. The van der Waals surface area contributed by atoms with Gasteiger partial charge in [0.1, 0.15) is 5.82 Å². The lowest BCUT2D eigenvalue weighted by molar-refractivity contribution is 0.550. The molecule has 4 heteroatoms. The van der Waals surface area contributed by atoms with Crippen LogP contribution in [0, 0.1) is 11.7 Å². The van der Waals surface area contributed by atoms with Gasteiger partial charge >= 0.3 is 0 Å². The average molecular weight is 290 g/mol. The third kappa shape index (κ3) is 4.60. The lowest BCUT2D eigenvalue weighted by Gasteiger charge is -2.19. The second-order valence-electron chi connectivity index (χ2n) is 5.80. The molecule has 1 N–H and O–H groups in total. The maximum absolute atomic E-state index is 14.2. The van der Waals surface area contributed by atoms with Gasteiger partial charge in [-0.25, -0.2) is 4.39 Å². The van der Waals surface area contributed by atoms with Crippen molar-refractivity contribution in [1.82, 2.24) is 5.32 Å². The number of nitrogens with one attached hydrogen (secondary N) is 1. The van der Waals surface area contributed by atoms with Crippen molar-refractivity contribution in [2.45, 2.75) is 26.9 Å². The zero-order valence-electron chi connectivity index (χ0n) is 12.9. The minimum atomic E-state index is -0.190. The van der Waals surface area contributed by atoms with E-state index in [2.05, 4.69) is 19.2 Å². The Morgan fingerprint density at radius 2 is 2.05 bits per heavy atom. The lowest BCUT2D eigenvalue weighted by Crippen LogP contribution is -2.20. The molecule has 0 unspecified atom stereocenters. The maximum Gasteiger partial charge on any atom is 0.146 e. The number of benzene rings is 1. The quantitative estimate of drug-likeness (QED) is 0.840. The van der Waals surface area contributed by atoms with Gasteiger partial charge in [-0.15, -0.1) is 0 Å². The van der Waals surface area contributed by atoms with E-state index in [1.807, 2.05) is 30.1 Å². The summed E-state index contributed by atoms with van der Waals surface area (Å²) in [4.78, 5) is 1.88. The molecule has 0 atom stereocenters. The fraction of sp³-hybridized carbons (Fsp3) is 0.412. The van der Waals surface area contributed by atoms with Crippen molar-refractivity contribution in [1.29, 1.82) is 0 Å². The van der Waals surface area contributed by atoms with Crippen molar-refractivity contribution >= 4 is 5.69 Å². The molecule has 0 fully saturated rings. The molecule has 1 heterocycles. The Morgan fingerprint density at radius 1 is 1.24 bits per heavy atom. The first kappa shape index (κ1) is 15.6. The molecule has 0 saturated heterocycles. The minimum absolute atomic E-state index is 0.190. The number of furan rings is 1. The van der Waals surface area contributed by atoms with Crippen LogP contribution in [0.25, 0.3) is 0 Å². The molecule has 2 rings (SSSR count). The zero-order chi connectivity index (χ0) is 15.2. The maximum atomic E-state index is 14.2. The van der Waals surface area contributed by atoms with Crippen LogP contribution in [0.4, 0.5) is 10.1 Å². The van der Waals surface area contributed by atoms with E-state index >= 15 is 0 Å². The number of rotatable bonds is 7. The van der Waals surface area contributed by atoms with Crippen molar-refractivity contribution in [3.63, 3.8) is 0 Å². The van der Waals surface area contributed by atoms with E-state index in [1.54, 1.807) is 18.6 Å². The van der Waals surface area contributed by atoms with Gasteiger partial charge in [-0.1, -0.05) is 19.9 Å². The van der Waals surface area contributed by atoms with Gasteiger partial charge in [-0.05, 0) is 36.2 Å². The number of anilines is 1. The van der Waals surface area contributed by atoms with Gasteiger partial charge in [-0.2, -0.15) is 0 Å². The van der Waals surface area contributed by atoms with Gasteiger partial charge < -0.3 is 14.6 Å². The van der Waals surface area contributed by atoms with Crippen LogP contribution in [0.3, 0.4) is 0 Å². The largest absolute Gasteiger partial charge is 0.472 e. The van der Waals surface area contributed by atoms with E-state index in [9.17, 15) is 4.39 Å².